The zero-order chi connectivity index (χ0) is 11.1. The number of hydrogen-bond acceptors (Lipinski definition) is 2. The number of rotatable bonds is 9. The van der Waals surface area contributed by atoms with Crippen LogP contribution in [0.25, 0.3) is 0 Å². The average Bonchev–Trinajstić information content (AvgIpc) is 2.93. The lowest BCUT2D eigenvalue weighted by Crippen LogP contribution is -2.17. The molecule has 0 saturated carbocycles. The van der Waals surface area contributed by atoms with E-state index in [-0.39, 0.29) is 18.3 Å². The maximum absolute atomic E-state index is 9.13. The molecule has 1 rings (SSSR count). The summed E-state index contributed by atoms with van der Waals surface area (Å²) in [7, 11) is 0. The average molecular weight is 214 g/mol. The normalized spacial score (nSPS) is 23.0. The van der Waals surface area contributed by atoms with Gasteiger partial charge in [-0.25, -0.2) is 0 Å². The van der Waals surface area contributed by atoms with Gasteiger partial charge in [0.2, 0.25) is 0 Å². The molecule has 0 aromatic carbocycles. The fourth-order valence-electron chi connectivity index (χ4n) is 2.37. The molecule has 1 saturated heterocycles. The second-order valence-corrected chi connectivity index (χ2v) is 4.77. The number of aliphatic hydroxyl groups excluding tert-OH is 1. The Balaban J connectivity index is 2.23. The fourth-order valence-corrected chi connectivity index (χ4v) is 2.37. The van der Waals surface area contributed by atoms with Crippen molar-refractivity contribution in [2.75, 3.05) is 6.61 Å². The maximum Gasteiger partial charge on any atom is 0.110 e. The Morgan fingerprint density at radius 1 is 1.00 bits per heavy atom. The van der Waals surface area contributed by atoms with E-state index in [2.05, 4.69) is 13.8 Å². The summed E-state index contributed by atoms with van der Waals surface area (Å²) in [6.07, 6.45) is 10.0. The summed E-state index contributed by atoms with van der Waals surface area (Å²) in [6.45, 7) is 4.65. The Labute approximate surface area is 94.0 Å². The van der Waals surface area contributed by atoms with Gasteiger partial charge in [-0.2, -0.15) is 0 Å². The van der Waals surface area contributed by atoms with Gasteiger partial charge < -0.3 is 9.84 Å². The van der Waals surface area contributed by atoms with E-state index in [1.54, 1.807) is 0 Å². The van der Waals surface area contributed by atoms with Crippen molar-refractivity contribution in [1.82, 2.24) is 0 Å². The second-order valence-electron chi connectivity index (χ2n) is 4.77. The van der Waals surface area contributed by atoms with Crippen LogP contribution in [0.1, 0.15) is 65.2 Å². The summed E-state index contributed by atoms with van der Waals surface area (Å²) in [5, 5.41) is 9.13. The van der Waals surface area contributed by atoms with Gasteiger partial charge in [-0.1, -0.05) is 52.4 Å². The van der Waals surface area contributed by atoms with Crippen molar-refractivity contribution in [2.24, 2.45) is 0 Å². The molecule has 1 heterocycles. The summed E-state index contributed by atoms with van der Waals surface area (Å²) in [4.78, 5) is 0. The van der Waals surface area contributed by atoms with Gasteiger partial charge in [0.05, 0.1) is 12.2 Å². The molecular formula is C13H26O2. The third kappa shape index (κ3) is 3.76. The second kappa shape index (κ2) is 6.49. The summed E-state index contributed by atoms with van der Waals surface area (Å²) < 4.78 is 5.70. The molecule has 2 heteroatoms. The van der Waals surface area contributed by atoms with Gasteiger partial charge in [-0.05, 0) is 12.8 Å². The lowest BCUT2D eigenvalue weighted by molar-refractivity contribution is 0.226. The molecule has 1 N–H and O–H groups in total. The molecule has 2 nitrogen and oxygen atoms in total. The lowest BCUT2D eigenvalue weighted by Gasteiger charge is -2.12. The van der Waals surface area contributed by atoms with Crippen molar-refractivity contribution in [3.63, 3.8) is 0 Å². The van der Waals surface area contributed by atoms with Crippen molar-refractivity contribution < 1.29 is 9.84 Å². The highest BCUT2D eigenvalue weighted by molar-refractivity contribution is 5.01. The van der Waals surface area contributed by atoms with Gasteiger partial charge >= 0.3 is 0 Å². The monoisotopic (exact) mass is 214 g/mol. The Morgan fingerprint density at radius 2 is 1.53 bits per heavy atom. The topological polar surface area (TPSA) is 32.8 Å². The van der Waals surface area contributed by atoms with Crippen LogP contribution in [0, 0.1) is 0 Å². The number of unbranched alkanes of at least 4 members (excludes halogenated alkanes) is 4. The molecule has 1 aliphatic rings. The number of hydrogen-bond donors (Lipinski definition) is 1. The molecule has 0 aromatic rings. The molecule has 0 unspecified atom stereocenters. The number of ether oxygens (including phenoxy) is 1. The Morgan fingerprint density at radius 3 is 1.87 bits per heavy atom. The van der Waals surface area contributed by atoms with Gasteiger partial charge in [-0.3, -0.25) is 0 Å². The van der Waals surface area contributed by atoms with Gasteiger partial charge in [0.1, 0.15) is 6.10 Å². The van der Waals surface area contributed by atoms with Gasteiger partial charge in [0, 0.05) is 0 Å². The van der Waals surface area contributed by atoms with Crippen molar-refractivity contribution >= 4 is 0 Å². The summed E-state index contributed by atoms with van der Waals surface area (Å²) in [5.74, 6) is 0. The van der Waals surface area contributed by atoms with Crippen LogP contribution < -0.4 is 0 Å². The third-order valence-corrected chi connectivity index (χ3v) is 3.48. The SMILES string of the molecule is CCCCCC1(CCCCC)O[C@H]1CO. The molecule has 0 amide bonds. The van der Waals surface area contributed by atoms with E-state index in [4.69, 9.17) is 9.84 Å². The molecule has 1 atom stereocenters. The van der Waals surface area contributed by atoms with Crippen molar-refractivity contribution in [2.45, 2.75) is 76.9 Å². The Kier molecular flexibility index (Phi) is 5.62. The molecular weight excluding hydrogens is 188 g/mol. The van der Waals surface area contributed by atoms with Crippen LogP contribution in [0.15, 0.2) is 0 Å². The first-order valence-corrected chi connectivity index (χ1v) is 6.57. The number of epoxide rings is 1. The molecule has 0 spiro atoms. The van der Waals surface area contributed by atoms with E-state index < -0.39 is 0 Å². The highest BCUT2D eigenvalue weighted by Gasteiger charge is 2.54. The maximum atomic E-state index is 9.13. The van der Waals surface area contributed by atoms with E-state index >= 15 is 0 Å². The zero-order valence-corrected chi connectivity index (χ0v) is 10.3. The van der Waals surface area contributed by atoms with E-state index in [1.165, 1.54) is 38.5 Å². The van der Waals surface area contributed by atoms with Crippen LogP contribution in [0.4, 0.5) is 0 Å². The fraction of sp³-hybridized carbons (Fsp3) is 1.00. The first kappa shape index (κ1) is 13.0. The molecule has 0 aromatic heterocycles. The minimum Gasteiger partial charge on any atom is -0.394 e. The molecule has 0 aliphatic carbocycles. The van der Waals surface area contributed by atoms with Crippen LogP contribution >= 0.6 is 0 Å². The van der Waals surface area contributed by atoms with Crippen molar-refractivity contribution in [1.29, 1.82) is 0 Å². The van der Waals surface area contributed by atoms with Crippen LogP contribution in [0.3, 0.4) is 0 Å². The van der Waals surface area contributed by atoms with Gasteiger partial charge in [-0.15, -0.1) is 0 Å². The van der Waals surface area contributed by atoms with Crippen molar-refractivity contribution in [3.05, 3.63) is 0 Å². The van der Waals surface area contributed by atoms with Crippen LogP contribution in [-0.4, -0.2) is 23.4 Å². The third-order valence-electron chi connectivity index (χ3n) is 3.48. The Hall–Kier alpha value is -0.0800. The van der Waals surface area contributed by atoms with Crippen LogP contribution in [0.5, 0.6) is 0 Å². The van der Waals surface area contributed by atoms with E-state index in [1.807, 2.05) is 0 Å². The van der Waals surface area contributed by atoms with Crippen LogP contribution in [0.2, 0.25) is 0 Å². The van der Waals surface area contributed by atoms with Crippen molar-refractivity contribution in [3.8, 4) is 0 Å². The number of aliphatic hydroxyl groups is 1. The summed E-state index contributed by atoms with van der Waals surface area (Å²) in [6, 6.07) is 0. The molecule has 1 fully saturated rings. The molecule has 1 aliphatic heterocycles. The largest absolute Gasteiger partial charge is 0.394 e. The molecule has 15 heavy (non-hydrogen) atoms. The van der Waals surface area contributed by atoms with Gasteiger partial charge in [0.15, 0.2) is 0 Å². The first-order valence-electron chi connectivity index (χ1n) is 6.57. The van der Waals surface area contributed by atoms with Gasteiger partial charge in [0.25, 0.3) is 0 Å². The standard InChI is InChI=1S/C13H26O2/c1-3-5-7-9-13(10-8-6-4-2)12(11-14)15-13/h12,14H,3-11H2,1-2H3/t12-/m0/s1. The van der Waals surface area contributed by atoms with E-state index in [0.717, 1.165) is 12.8 Å². The highest BCUT2D eigenvalue weighted by Crippen LogP contribution is 2.45. The summed E-state index contributed by atoms with van der Waals surface area (Å²) in [5.41, 5.74) is 0.0685. The minimum atomic E-state index is 0.0685. The molecule has 90 valence electrons. The smallest absolute Gasteiger partial charge is 0.110 e. The predicted molar refractivity (Wildman–Crippen MR) is 63.0 cm³/mol. The highest BCUT2D eigenvalue weighted by atomic mass is 16.6. The molecule has 0 bridgehead atoms. The first-order chi connectivity index (χ1) is 7.29. The molecule has 0 radical (unpaired) electrons. The summed E-state index contributed by atoms with van der Waals surface area (Å²) >= 11 is 0. The lowest BCUT2D eigenvalue weighted by atomic mass is 9.92. The zero-order valence-electron chi connectivity index (χ0n) is 10.3. The quantitative estimate of drug-likeness (QED) is 0.472. The van der Waals surface area contributed by atoms with Crippen LogP contribution in [-0.2, 0) is 4.74 Å². The Bertz CT molecular complexity index is 158. The van der Waals surface area contributed by atoms with E-state index in [9.17, 15) is 0 Å². The minimum absolute atomic E-state index is 0.0685. The van der Waals surface area contributed by atoms with E-state index in [0.29, 0.717) is 0 Å². The predicted octanol–water partition coefficient (Wildman–Crippen LogP) is 3.28.